The Labute approximate surface area is 88.5 Å². The molecular formula is C10H14ClFN2. The normalized spacial score (nSPS) is 10.2. The maximum atomic E-state index is 13.1. The molecular weight excluding hydrogens is 203 g/mol. The first-order chi connectivity index (χ1) is 6.74. The minimum atomic E-state index is -0.272. The Hall–Kier alpha value is -0.800. The Morgan fingerprint density at radius 3 is 2.86 bits per heavy atom. The van der Waals surface area contributed by atoms with Crippen molar-refractivity contribution in [3.63, 3.8) is 0 Å². The highest BCUT2D eigenvalue weighted by molar-refractivity contribution is 6.30. The van der Waals surface area contributed by atoms with Crippen molar-refractivity contribution in [1.29, 1.82) is 0 Å². The second-order valence-corrected chi connectivity index (χ2v) is 3.34. The minimum absolute atomic E-state index is 0.272. The van der Waals surface area contributed by atoms with E-state index in [9.17, 15) is 4.39 Å². The van der Waals surface area contributed by atoms with Crippen molar-refractivity contribution in [2.24, 2.45) is 0 Å². The van der Waals surface area contributed by atoms with Gasteiger partial charge in [-0.1, -0.05) is 18.5 Å². The zero-order chi connectivity index (χ0) is 10.4. The van der Waals surface area contributed by atoms with Crippen molar-refractivity contribution in [1.82, 2.24) is 5.32 Å². The number of halogens is 2. The molecule has 1 aromatic rings. The molecule has 0 atom stereocenters. The molecule has 0 saturated heterocycles. The summed E-state index contributed by atoms with van der Waals surface area (Å²) in [7, 11) is 0. The summed E-state index contributed by atoms with van der Waals surface area (Å²) in [6.07, 6.45) is 0. The number of rotatable bonds is 5. The van der Waals surface area contributed by atoms with Crippen LogP contribution in [0, 0.1) is 5.82 Å². The van der Waals surface area contributed by atoms with Gasteiger partial charge >= 0.3 is 0 Å². The first-order valence-corrected chi connectivity index (χ1v) is 5.01. The Bertz CT molecular complexity index is 291. The van der Waals surface area contributed by atoms with Crippen LogP contribution in [0.1, 0.15) is 6.92 Å². The first kappa shape index (κ1) is 11.3. The fraction of sp³-hybridized carbons (Fsp3) is 0.400. The van der Waals surface area contributed by atoms with E-state index in [2.05, 4.69) is 10.6 Å². The van der Waals surface area contributed by atoms with Crippen LogP contribution in [-0.2, 0) is 0 Å². The number of hydrogen-bond acceptors (Lipinski definition) is 2. The molecule has 1 aromatic carbocycles. The number of benzene rings is 1. The summed E-state index contributed by atoms with van der Waals surface area (Å²) in [5.74, 6) is -0.272. The summed E-state index contributed by atoms with van der Waals surface area (Å²) in [6.45, 7) is 4.44. The monoisotopic (exact) mass is 216 g/mol. The standard InChI is InChI=1S/C10H14ClFN2/c1-2-13-5-6-14-10-7-8(11)3-4-9(10)12/h3-4,7,13-14H,2,5-6H2,1H3. The zero-order valence-electron chi connectivity index (χ0n) is 8.11. The van der Waals surface area contributed by atoms with Crippen LogP contribution in [0.25, 0.3) is 0 Å². The minimum Gasteiger partial charge on any atom is -0.381 e. The Morgan fingerprint density at radius 1 is 1.36 bits per heavy atom. The summed E-state index contributed by atoms with van der Waals surface area (Å²) < 4.78 is 13.1. The van der Waals surface area contributed by atoms with Crippen LogP contribution < -0.4 is 10.6 Å². The third-order valence-electron chi connectivity index (χ3n) is 1.80. The van der Waals surface area contributed by atoms with Crippen LogP contribution in [0.2, 0.25) is 5.02 Å². The predicted molar refractivity (Wildman–Crippen MR) is 58.4 cm³/mol. The smallest absolute Gasteiger partial charge is 0.146 e. The van der Waals surface area contributed by atoms with E-state index in [1.165, 1.54) is 12.1 Å². The van der Waals surface area contributed by atoms with E-state index < -0.39 is 0 Å². The Balaban J connectivity index is 2.45. The van der Waals surface area contributed by atoms with Crippen LogP contribution in [-0.4, -0.2) is 19.6 Å². The molecule has 0 radical (unpaired) electrons. The molecule has 78 valence electrons. The van der Waals surface area contributed by atoms with E-state index in [1.54, 1.807) is 6.07 Å². The molecule has 0 saturated carbocycles. The highest BCUT2D eigenvalue weighted by Crippen LogP contribution is 2.18. The molecule has 0 amide bonds. The van der Waals surface area contributed by atoms with Crippen molar-refractivity contribution in [3.05, 3.63) is 29.0 Å². The van der Waals surface area contributed by atoms with Gasteiger partial charge in [0.05, 0.1) is 5.69 Å². The molecule has 0 spiro atoms. The topological polar surface area (TPSA) is 24.1 Å². The molecule has 0 aliphatic carbocycles. The van der Waals surface area contributed by atoms with E-state index in [0.29, 0.717) is 17.3 Å². The molecule has 1 rings (SSSR count). The van der Waals surface area contributed by atoms with Crippen molar-refractivity contribution < 1.29 is 4.39 Å². The third kappa shape index (κ3) is 3.52. The van der Waals surface area contributed by atoms with Gasteiger partial charge in [-0.2, -0.15) is 0 Å². The van der Waals surface area contributed by atoms with Gasteiger partial charge in [0.25, 0.3) is 0 Å². The third-order valence-corrected chi connectivity index (χ3v) is 2.03. The maximum Gasteiger partial charge on any atom is 0.146 e. The molecule has 0 aliphatic rings. The van der Waals surface area contributed by atoms with E-state index >= 15 is 0 Å². The second kappa shape index (κ2) is 5.83. The van der Waals surface area contributed by atoms with Gasteiger partial charge in [-0.05, 0) is 24.7 Å². The maximum absolute atomic E-state index is 13.1. The van der Waals surface area contributed by atoms with Crippen LogP contribution >= 0.6 is 11.6 Å². The van der Waals surface area contributed by atoms with Crippen molar-refractivity contribution in [3.8, 4) is 0 Å². The summed E-state index contributed by atoms with van der Waals surface area (Å²) in [5, 5.41) is 6.64. The van der Waals surface area contributed by atoms with Crippen LogP contribution in [0.5, 0.6) is 0 Å². The molecule has 0 unspecified atom stereocenters. The average molecular weight is 217 g/mol. The number of hydrogen-bond donors (Lipinski definition) is 2. The van der Waals surface area contributed by atoms with Crippen molar-refractivity contribution >= 4 is 17.3 Å². The van der Waals surface area contributed by atoms with Gasteiger partial charge in [0.1, 0.15) is 5.82 Å². The average Bonchev–Trinajstić information content (AvgIpc) is 2.18. The highest BCUT2D eigenvalue weighted by Gasteiger charge is 2.00. The fourth-order valence-electron chi connectivity index (χ4n) is 1.10. The Morgan fingerprint density at radius 2 is 2.14 bits per heavy atom. The van der Waals surface area contributed by atoms with Gasteiger partial charge in [-0.15, -0.1) is 0 Å². The highest BCUT2D eigenvalue weighted by atomic mass is 35.5. The number of likely N-dealkylation sites (N-methyl/N-ethyl adjacent to an activating group) is 1. The summed E-state index contributed by atoms with van der Waals surface area (Å²) in [6, 6.07) is 4.48. The van der Waals surface area contributed by atoms with E-state index in [1.807, 2.05) is 6.92 Å². The SMILES string of the molecule is CCNCCNc1cc(Cl)ccc1F. The fourth-order valence-corrected chi connectivity index (χ4v) is 1.27. The zero-order valence-corrected chi connectivity index (χ0v) is 8.87. The van der Waals surface area contributed by atoms with E-state index in [-0.39, 0.29) is 5.82 Å². The lowest BCUT2D eigenvalue weighted by Crippen LogP contribution is -2.21. The largest absolute Gasteiger partial charge is 0.381 e. The molecule has 14 heavy (non-hydrogen) atoms. The van der Waals surface area contributed by atoms with Crippen molar-refractivity contribution in [2.75, 3.05) is 25.0 Å². The first-order valence-electron chi connectivity index (χ1n) is 4.63. The van der Waals surface area contributed by atoms with Crippen molar-refractivity contribution in [2.45, 2.75) is 6.92 Å². The second-order valence-electron chi connectivity index (χ2n) is 2.90. The van der Waals surface area contributed by atoms with Crippen LogP contribution in [0.15, 0.2) is 18.2 Å². The number of nitrogens with one attached hydrogen (secondary N) is 2. The van der Waals surface area contributed by atoms with Gasteiger partial charge in [0.15, 0.2) is 0 Å². The summed E-state index contributed by atoms with van der Waals surface area (Å²) >= 11 is 5.73. The van der Waals surface area contributed by atoms with Crippen LogP contribution in [0.3, 0.4) is 0 Å². The lowest BCUT2D eigenvalue weighted by atomic mass is 10.3. The van der Waals surface area contributed by atoms with Gasteiger partial charge < -0.3 is 10.6 Å². The predicted octanol–water partition coefficient (Wildman–Crippen LogP) is 2.50. The molecule has 0 aromatic heterocycles. The molecule has 2 nitrogen and oxygen atoms in total. The molecule has 0 bridgehead atoms. The quantitative estimate of drug-likeness (QED) is 0.740. The Kier molecular flexibility index (Phi) is 4.70. The molecule has 4 heteroatoms. The van der Waals surface area contributed by atoms with E-state index in [4.69, 9.17) is 11.6 Å². The summed E-state index contributed by atoms with van der Waals surface area (Å²) in [4.78, 5) is 0. The summed E-state index contributed by atoms with van der Waals surface area (Å²) in [5.41, 5.74) is 0.454. The van der Waals surface area contributed by atoms with Gasteiger partial charge in [0.2, 0.25) is 0 Å². The van der Waals surface area contributed by atoms with Gasteiger partial charge in [0, 0.05) is 18.1 Å². The van der Waals surface area contributed by atoms with Gasteiger partial charge in [-0.25, -0.2) is 4.39 Å². The molecule has 0 fully saturated rings. The van der Waals surface area contributed by atoms with E-state index in [0.717, 1.165) is 13.1 Å². The molecule has 0 heterocycles. The molecule has 2 N–H and O–H groups in total. The van der Waals surface area contributed by atoms with Crippen LogP contribution in [0.4, 0.5) is 10.1 Å². The number of anilines is 1. The lowest BCUT2D eigenvalue weighted by Gasteiger charge is -2.07. The molecule has 0 aliphatic heterocycles. The van der Waals surface area contributed by atoms with Gasteiger partial charge in [-0.3, -0.25) is 0 Å². The lowest BCUT2D eigenvalue weighted by molar-refractivity contribution is 0.629.